The Kier molecular flexibility index (Phi) is 4.20. The summed E-state index contributed by atoms with van der Waals surface area (Å²) < 4.78 is 1.16. The first-order valence-electron chi connectivity index (χ1n) is 5.43. The number of rotatable bonds is 5. The van der Waals surface area contributed by atoms with Crippen LogP contribution in [0, 0.1) is 0 Å². The van der Waals surface area contributed by atoms with Crippen LogP contribution in [0.3, 0.4) is 0 Å². The Morgan fingerprint density at radius 2 is 2.10 bits per heavy atom. The monoisotopic (exact) mass is 296 g/mol. The highest BCUT2D eigenvalue weighted by Crippen LogP contribution is 2.02. The molecule has 2 heterocycles. The molecule has 1 amide bonds. The maximum absolute atomic E-state index is 11.7. The lowest BCUT2D eigenvalue weighted by molar-refractivity contribution is -0.137. The number of hydrogen-bond acceptors (Lipinski definition) is 6. The lowest BCUT2D eigenvalue weighted by atomic mass is 10.3. The van der Waals surface area contributed by atoms with Gasteiger partial charge in [0.15, 0.2) is 10.8 Å². The molecule has 0 aliphatic rings. The molecular formula is C10H9ClN6O3. The second-order valence-electron chi connectivity index (χ2n) is 3.73. The van der Waals surface area contributed by atoms with Crippen molar-refractivity contribution in [3.05, 3.63) is 34.9 Å². The second-order valence-corrected chi connectivity index (χ2v) is 4.11. The van der Waals surface area contributed by atoms with Crippen molar-refractivity contribution in [2.75, 3.05) is 0 Å². The lowest BCUT2D eigenvalue weighted by Gasteiger charge is -2.01. The molecule has 0 saturated heterocycles. The van der Waals surface area contributed by atoms with Gasteiger partial charge in [0, 0.05) is 0 Å². The molecule has 0 bridgehead atoms. The van der Waals surface area contributed by atoms with Crippen LogP contribution in [0.5, 0.6) is 0 Å². The minimum absolute atomic E-state index is 0.1000. The Bertz CT molecular complexity index is 626. The van der Waals surface area contributed by atoms with Crippen molar-refractivity contribution < 1.29 is 14.7 Å². The number of hydrogen-bond donors (Lipinski definition) is 2. The topological polar surface area (TPSA) is 123 Å². The minimum atomic E-state index is -1.03. The van der Waals surface area contributed by atoms with Crippen LogP contribution < -0.4 is 5.32 Å². The summed E-state index contributed by atoms with van der Waals surface area (Å²) in [6, 6.07) is 2.89. The Hall–Kier alpha value is -2.55. The highest BCUT2D eigenvalue weighted by Gasteiger charge is 2.09. The molecule has 0 saturated carbocycles. The van der Waals surface area contributed by atoms with E-state index in [9.17, 15) is 9.59 Å². The Balaban J connectivity index is 1.91. The number of aliphatic carboxylic acids is 1. The van der Waals surface area contributed by atoms with Crippen LogP contribution in [0.4, 0.5) is 0 Å². The molecule has 0 aromatic carbocycles. The van der Waals surface area contributed by atoms with Crippen molar-refractivity contribution in [1.82, 2.24) is 30.5 Å². The Morgan fingerprint density at radius 1 is 1.30 bits per heavy atom. The fourth-order valence-electron chi connectivity index (χ4n) is 1.33. The summed E-state index contributed by atoms with van der Waals surface area (Å²) >= 11 is 5.56. The van der Waals surface area contributed by atoms with Gasteiger partial charge in [-0.25, -0.2) is 4.68 Å². The van der Waals surface area contributed by atoms with Gasteiger partial charge in [0.05, 0.1) is 12.7 Å². The summed E-state index contributed by atoms with van der Waals surface area (Å²) in [6.07, 6.45) is 1.43. The zero-order valence-electron chi connectivity index (χ0n) is 10.0. The third-order valence-electron chi connectivity index (χ3n) is 2.18. The minimum Gasteiger partial charge on any atom is -0.480 e. The standard InChI is InChI=1S/C10H9ClN6O3/c11-8-2-1-7(14-15-8)10(20)12-3-6-4-17(16-13-6)5-9(18)19/h1-2,4H,3,5H2,(H,12,20)(H,18,19). The quantitative estimate of drug-likeness (QED) is 0.779. The number of carboxylic acid groups (broad SMARTS) is 1. The number of carboxylic acids is 1. The molecule has 2 rings (SSSR count). The molecule has 2 N–H and O–H groups in total. The van der Waals surface area contributed by atoms with Crippen LogP contribution >= 0.6 is 11.6 Å². The maximum atomic E-state index is 11.7. The third kappa shape index (κ3) is 3.72. The van der Waals surface area contributed by atoms with Crippen molar-refractivity contribution in [1.29, 1.82) is 0 Å². The van der Waals surface area contributed by atoms with E-state index in [1.54, 1.807) is 0 Å². The first-order valence-corrected chi connectivity index (χ1v) is 5.80. The third-order valence-corrected chi connectivity index (χ3v) is 2.38. The van der Waals surface area contributed by atoms with Crippen LogP contribution in [0.2, 0.25) is 5.15 Å². The molecule has 20 heavy (non-hydrogen) atoms. The number of carbonyl (C=O) groups is 2. The summed E-state index contributed by atoms with van der Waals surface area (Å²) in [5, 5.41) is 25.8. The molecule has 0 aliphatic carbocycles. The zero-order valence-corrected chi connectivity index (χ0v) is 10.8. The van der Waals surface area contributed by atoms with Crippen LogP contribution in [0.1, 0.15) is 16.2 Å². The second kappa shape index (κ2) is 6.06. The van der Waals surface area contributed by atoms with E-state index >= 15 is 0 Å². The molecule has 2 aromatic rings. The SMILES string of the molecule is O=C(O)Cn1cc(CNC(=O)c2ccc(Cl)nn2)nn1. The van der Waals surface area contributed by atoms with E-state index in [-0.39, 0.29) is 23.9 Å². The number of carbonyl (C=O) groups excluding carboxylic acids is 1. The summed E-state index contributed by atoms with van der Waals surface area (Å²) in [7, 11) is 0. The molecule has 0 aliphatic heterocycles. The number of nitrogens with one attached hydrogen (secondary N) is 1. The molecule has 0 spiro atoms. The molecular weight excluding hydrogens is 288 g/mol. The Labute approximate surface area is 117 Å². The number of amides is 1. The van der Waals surface area contributed by atoms with Crippen molar-refractivity contribution >= 4 is 23.5 Å². The van der Waals surface area contributed by atoms with Crippen LogP contribution in [-0.2, 0) is 17.9 Å². The molecule has 104 valence electrons. The van der Waals surface area contributed by atoms with Gasteiger partial charge in [0.2, 0.25) is 0 Å². The van der Waals surface area contributed by atoms with Crippen molar-refractivity contribution in [2.45, 2.75) is 13.1 Å². The highest BCUT2D eigenvalue weighted by atomic mass is 35.5. The smallest absolute Gasteiger partial charge is 0.325 e. The van der Waals surface area contributed by atoms with E-state index in [0.717, 1.165) is 4.68 Å². The maximum Gasteiger partial charge on any atom is 0.325 e. The van der Waals surface area contributed by atoms with E-state index in [2.05, 4.69) is 25.8 Å². The molecule has 9 nitrogen and oxygen atoms in total. The van der Waals surface area contributed by atoms with Gasteiger partial charge in [0.1, 0.15) is 12.2 Å². The van der Waals surface area contributed by atoms with Gasteiger partial charge < -0.3 is 10.4 Å². The van der Waals surface area contributed by atoms with E-state index in [1.165, 1.54) is 18.3 Å². The normalized spacial score (nSPS) is 10.2. The average Bonchev–Trinajstić information content (AvgIpc) is 2.83. The van der Waals surface area contributed by atoms with E-state index in [1.807, 2.05) is 0 Å². The molecule has 0 unspecified atom stereocenters. The number of nitrogens with zero attached hydrogens (tertiary/aromatic N) is 5. The van der Waals surface area contributed by atoms with Crippen molar-refractivity contribution in [3.8, 4) is 0 Å². The van der Waals surface area contributed by atoms with Crippen LogP contribution in [0.15, 0.2) is 18.3 Å². The number of aromatic nitrogens is 5. The van der Waals surface area contributed by atoms with Gasteiger partial charge in [-0.2, -0.15) is 0 Å². The molecule has 0 radical (unpaired) electrons. The van der Waals surface area contributed by atoms with Crippen LogP contribution in [0.25, 0.3) is 0 Å². The molecule has 0 atom stereocenters. The Morgan fingerprint density at radius 3 is 2.75 bits per heavy atom. The first kappa shape index (κ1) is 13.9. The van der Waals surface area contributed by atoms with Gasteiger partial charge in [-0.1, -0.05) is 16.8 Å². The zero-order chi connectivity index (χ0) is 14.5. The van der Waals surface area contributed by atoms with E-state index < -0.39 is 11.9 Å². The number of halogens is 1. The fraction of sp³-hybridized carbons (Fsp3) is 0.200. The van der Waals surface area contributed by atoms with Gasteiger partial charge in [-0.05, 0) is 12.1 Å². The van der Waals surface area contributed by atoms with Crippen LogP contribution in [-0.4, -0.2) is 42.2 Å². The largest absolute Gasteiger partial charge is 0.480 e. The van der Waals surface area contributed by atoms with Crippen molar-refractivity contribution in [2.24, 2.45) is 0 Å². The van der Waals surface area contributed by atoms with Gasteiger partial charge in [0.25, 0.3) is 5.91 Å². The predicted octanol–water partition coefficient (Wildman–Crippen LogP) is -0.264. The van der Waals surface area contributed by atoms with Gasteiger partial charge >= 0.3 is 5.97 Å². The van der Waals surface area contributed by atoms with Gasteiger partial charge in [-0.3, -0.25) is 9.59 Å². The van der Waals surface area contributed by atoms with E-state index in [4.69, 9.17) is 16.7 Å². The predicted molar refractivity (Wildman–Crippen MR) is 65.9 cm³/mol. The summed E-state index contributed by atoms with van der Waals surface area (Å²) in [4.78, 5) is 22.2. The summed E-state index contributed by atoms with van der Waals surface area (Å²) in [5.74, 6) is -1.47. The summed E-state index contributed by atoms with van der Waals surface area (Å²) in [5.41, 5.74) is 0.550. The van der Waals surface area contributed by atoms with Crippen molar-refractivity contribution in [3.63, 3.8) is 0 Å². The molecule has 10 heteroatoms. The highest BCUT2D eigenvalue weighted by molar-refractivity contribution is 6.29. The van der Waals surface area contributed by atoms with E-state index in [0.29, 0.717) is 5.69 Å². The molecule has 2 aromatic heterocycles. The van der Waals surface area contributed by atoms with Gasteiger partial charge in [-0.15, -0.1) is 15.3 Å². The lowest BCUT2D eigenvalue weighted by Crippen LogP contribution is -2.24. The first-order chi connectivity index (χ1) is 9.54. The average molecular weight is 297 g/mol. The fourth-order valence-corrected chi connectivity index (χ4v) is 1.43. The molecule has 0 fully saturated rings. The summed E-state index contributed by atoms with van der Waals surface area (Å²) in [6.45, 7) is -0.188.